The Bertz CT molecular complexity index is 1660. The topological polar surface area (TPSA) is 109 Å². The minimum absolute atomic E-state index is 0. The average Bonchev–Trinajstić information content (AvgIpc) is 3.43. The minimum Gasteiger partial charge on any atom is -0.489 e. The number of anilines is 1. The van der Waals surface area contributed by atoms with E-state index in [9.17, 15) is 10.1 Å². The van der Waals surface area contributed by atoms with Crippen molar-refractivity contribution in [2.75, 3.05) is 51.3 Å². The zero-order chi connectivity index (χ0) is 30.0. The summed E-state index contributed by atoms with van der Waals surface area (Å²) in [5.41, 5.74) is 3.11. The summed E-state index contributed by atoms with van der Waals surface area (Å²) in [6.07, 6.45) is 8.92. The fourth-order valence-corrected chi connectivity index (χ4v) is 6.11. The van der Waals surface area contributed by atoms with E-state index in [-0.39, 0.29) is 30.8 Å². The second-order valence-corrected chi connectivity index (χ2v) is 12.2. The standard InChI is InChI=1S/C32H34ClN7O3.H2S/c1-32(15-28(41)30-27(33)4-3-9-35-30)7-10-39(11-8-32)29-6-5-22(17-36-29)26-14-24(20-40-31(26)23(16-34)18-37-40)43-21-25-19-38(2)12-13-42-25;/h3-6,9,14,17-18,20,25H,7-8,10-13,15,19,21H2,1-2H3;1H2/t25-;/m0./s1. The number of hydrogen-bond donors (Lipinski definition) is 0. The highest BCUT2D eigenvalue weighted by molar-refractivity contribution is 7.59. The lowest BCUT2D eigenvalue weighted by Gasteiger charge is -2.39. The number of Topliss-reactive ketones (excluding diaryl/α,β-unsaturated/α-hetero) is 1. The van der Waals surface area contributed by atoms with Gasteiger partial charge in [0.15, 0.2) is 5.78 Å². The lowest BCUT2D eigenvalue weighted by atomic mass is 9.76. The SMILES string of the molecule is CN1CCO[C@H](COc2cc(-c3ccc(N4CCC(C)(CC(=O)c5ncccc5Cl)CC4)nc3)c3c(C#N)cnn3c2)C1.S. The molecule has 1 atom stereocenters. The molecule has 6 rings (SSSR count). The number of piperidine rings is 1. The third kappa shape index (κ3) is 6.84. The predicted octanol–water partition coefficient (Wildman–Crippen LogP) is 5.02. The molecular formula is C32H36ClN7O3S. The maximum atomic E-state index is 12.9. The van der Waals surface area contributed by atoms with E-state index in [2.05, 4.69) is 39.9 Å². The van der Waals surface area contributed by atoms with Gasteiger partial charge in [-0.15, -0.1) is 0 Å². The Morgan fingerprint density at radius 3 is 2.73 bits per heavy atom. The monoisotopic (exact) mass is 633 g/mol. The number of hydrogen-bond acceptors (Lipinski definition) is 9. The summed E-state index contributed by atoms with van der Waals surface area (Å²) in [4.78, 5) is 26.4. The zero-order valence-corrected chi connectivity index (χ0v) is 26.6. The van der Waals surface area contributed by atoms with Crippen molar-refractivity contribution < 1.29 is 14.3 Å². The molecular weight excluding hydrogens is 598 g/mol. The van der Waals surface area contributed by atoms with E-state index in [1.807, 2.05) is 24.4 Å². The Hall–Kier alpha value is -3.69. The van der Waals surface area contributed by atoms with E-state index in [4.69, 9.17) is 26.1 Å². The van der Waals surface area contributed by atoms with Gasteiger partial charge in [0.2, 0.25) is 0 Å². The fraction of sp³-hybridized carbons (Fsp3) is 0.406. The number of rotatable bonds is 8. The molecule has 2 aliphatic rings. The van der Waals surface area contributed by atoms with Crippen molar-refractivity contribution in [2.24, 2.45) is 5.41 Å². The summed E-state index contributed by atoms with van der Waals surface area (Å²) in [7, 11) is 2.08. The van der Waals surface area contributed by atoms with Crippen molar-refractivity contribution >= 4 is 42.2 Å². The first-order chi connectivity index (χ1) is 20.8. The number of aromatic nitrogens is 4. The molecule has 12 heteroatoms. The van der Waals surface area contributed by atoms with Crippen LogP contribution in [0.2, 0.25) is 5.02 Å². The summed E-state index contributed by atoms with van der Waals surface area (Å²) in [6.45, 7) is 6.58. The second kappa shape index (κ2) is 13.5. The third-order valence-corrected chi connectivity index (χ3v) is 8.75. The molecule has 2 aliphatic heterocycles. The van der Waals surface area contributed by atoms with Crippen LogP contribution in [0.5, 0.6) is 5.75 Å². The maximum absolute atomic E-state index is 12.9. The number of likely N-dealkylation sites (N-methyl/N-ethyl adjacent to an activating group) is 1. The maximum Gasteiger partial charge on any atom is 0.183 e. The van der Waals surface area contributed by atoms with Crippen molar-refractivity contribution in [1.29, 1.82) is 5.26 Å². The summed E-state index contributed by atoms with van der Waals surface area (Å²) in [6, 6.07) is 11.7. The Morgan fingerprint density at radius 2 is 2.02 bits per heavy atom. The van der Waals surface area contributed by atoms with Crippen LogP contribution >= 0.6 is 25.1 Å². The Labute approximate surface area is 269 Å². The van der Waals surface area contributed by atoms with Gasteiger partial charge < -0.3 is 19.3 Å². The van der Waals surface area contributed by atoms with Gasteiger partial charge in [-0.2, -0.15) is 23.9 Å². The van der Waals surface area contributed by atoms with E-state index in [0.29, 0.717) is 47.2 Å². The predicted molar refractivity (Wildman–Crippen MR) is 174 cm³/mol. The molecule has 6 heterocycles. The van der Waals surface area contributed by atoms with Gasteiger partial charge in [0.25, 0.3) is 0 Å². The van der Waals surface area contributed by atoms with Crippen LogP contribution in [0.3, 0.4) is 0 Å². The molecule has 0 aliphatic carbocycles. The minimum atomic E-state index is -0.131. The number of nitrogens with zero attached hydrogens (tertiary/aromatic N) is 7. The number of nitriles is 1. The van der Waals surface area contributed by atoms with Gasteiger partial charge in [-0.3, -0.25) is 9.78 Å². The van der Waals surface area contributed by atoms with E-state index in [1.165, 1.54) is 0 Å². The molecule has 0 N–H and O–H groups in total. The molecule has 0 spiro atoms. The first-order valence-corrected chi connectivity index (χ1v) is 14.9. The second-order valence-electron chi connectivity index (χ2n) is 11.8. The van der Waals surface area contributed by atoms with Gasteiger partial charge in [0, 0.05) is 56.1 Å². The third-order valence-electron chi connectivity index (χ3n) is 8.45. The largest absolute Gasteiger partial charge is 0.489 e. The van der Waals surface area contributed by atoms with Crippen molar-refractivity contribution in [2.45, 2.75) is 32.3 Å². The molecule has 4 aromatic heterocycles. The summed E-state index contributed by atoms with van der Waals surface area (Å²) < 4.78 is 13.7. The molecule has 0 radical (unpaired) electrons. The van der Waals surface area contributed by atoms with Gasteiger partial charge >= 0.3 is 0 Å². The van der Waals surface area contributed by atoms with Gasteiger partial charge in [-0.25, -0.2) is 9.50 Å². The van der Waals surface area contributed by atoms with Crippen LogP contribution in [-0.4, -0.2) is 82.8 Å². The molecule has 10 nitrogen and oxygen atoms in total. The summed E-state index contributed by atoms with van der Waals surface area (Å²) >= 11 is 6.21. The fourth-order valence-electron chi connectivity index (χ4n) is 5.88. The number of morpholine rings is 1. The number of ketones is 1. The van der Waals surface area contributed by atoms with E-state index >= 15 is 0 Å². The van der Waals surface area contributed by atoms with Gasteiger partial charge in [0.05, 0.1) is 35.1 Å². The van der Waals surface area contributed by atoms with Crippen LogP contribution in [0.4, 0.5) is 5.82 Å². The van der Waals surface area contributed by atoms with Crippen LogP contribution in [0.25, 0.3) is 16.6 Å². The van der Waals surface area contributed by atoms with Gasteiger partial charge in [-0.1, -0.05) is 18.5 Å². The Kier molecular flexibility index (Phi) is 9.75. The van der Waals surface area contributed by atoms with Crippen molar-refractivity contribution in [3.8, 4) is 22.9 Å². The highest BCUT2D eigenvalue weighted by atomic mass is 35.5. The summed E-state index contributed by atoms with van der Waals surface area (Å²) in [5, 5.41) is 14.5. The summed E-state index contributed by atoms with van der Waals surface area (Å²) in [5.74, 6) is 1.51. The molecule has 0 saturated carbocycles. The Morgan fingerprint density at radius 1 is 1.20 bits per heavy atom. The number of fused-ring (bicyclic) bond motifs is 1. The highest BCUT2D eigenvalue weighted by Crippen LogP contribution is 2.38. The molecule has 230 valence electrons. The van der Waals surface area contributed by atoms with Gasteiger partial charge in [-0.05, 0) is 55.6 Å². The van der Waals surface area contributed by atoms with E-state index in [0.717, 1.165) is 56.0 Å². The first-order valence-electron chi connectivity index (χ1n) is 14.5. The molecule has 2 fully saturated rings. The number of pyridine rings is 3. The number of halogens is 1. The zero-order valence-electron chi connectivity index (χ0n) is 24.9. The van der Waals surface area contributed by atoms with Crippen LogP contribution in [0.15, 0.2) is 55.1 Å². The molecule has 0 amide bonds. The van der Waals surface area contributed by atoms with Crippen LogP contribution < -0.4 is 9.64 Å². The quantitative estimate of drug-likeness (QED) is 0.247. The van der Waals surface area contributed by atoms with Crippen LogP contribution in [-0.2, 0) is 4.74 Å². The first kappa shape index (κ1) is 31.7. The van der Waals surface area contributed by atoms with Gasteiger partial charge in [0.1, 0.15) is 36.0 Å². The van der Waals surface area contributed by atoms with Crippen molar-refractivity contribution in [1.82, 2.24) is 24.5 Å². The number of carbonyl (C=O) groups is 1. The molecule has 0 unspecified atom stereocenters. The highest BCUT2D eigenvalue weighted by Gasteiger charge is 2.33. The molecule has 44 heavy (non-hydrogen) atoms. The number of ether oxygens (including phenoxy) is 2. The van der Waals surface area contributed by atoms with Crippen molar-refractivity contribution in [3.63, 3.8) is 0 Å². The Balaban J connectivity index is 0.00000384. The smallest absolute Gasteiger partial charge is 0.183 e. The lowest BCUT2D eigenvalue weighted by molar-refractivity contribution is -0.0404. The molecule has 0 bridgehead atoms. The van der Waals surface area contributed by atoms with Crippen LogP contribution in [0, 0.1) is 16.7 Å². The lowest BCUT2D eigenvalue weighted by Crippen LogP contribution is -2.42. The van der Waals surface area contributed by atoms with E-state index in [1.54, 1.807) is 35.2 Å². The normalized spacial score (nSPS) is 18.4. The molecule has 4 aromatic rings. The number of carbonyl (C=O) groups excluding carboxylic acids is 1. The van der Waals surface area contributed by atoms with Crippen molar-refractivity contribution in [3.05, 3.63) is 71.4 Å². The van der Waals surface area contributed by atoms with Crippen LogP contribution in [0.1, 0.15) is 42.2 Å². The molecule has 0 aromatic carbocycles. The molecule has 2 saturated heterocycles. The average molecular weight is 634 g/mol. The van der Waals surface area contributed by atoms with E-state index < -0.39 is 0 Å².